The van der Waals surface area contributed by atoms with Gasteiger partial charge in [0, 0.05) is 32.2 Å². The fraction of sp³-hybridized carbons (Fsp3) is 0.529. The Morgan fingerprint density at radius 2 is 1.83 bits per heavy atom. The molecule has 0 radical (unpaired) electrons. The van der Waals surface area contributed by atoms with Gasteiger partial charge in [-0.05, 0) is 26.0 Å². The van der Waals surface area contributed by atoms with Crippen molar-refractivity contribution < 1.29 is 14.3 Å². The molecule has 0 atom stereocenters. The summed E-state index contributed by atoms with van der Waals surface area (Å²) in [6, 6.07) is 7.61. The molecule has 0 aliphatic carbocycles. The SMILES string of the molecule is COc1ccccc1N1CCN(C(=O)CNC(=O)NC(C)C)CC1. The molecule has 1 aliphatic heterocycles. The highest BCUT2D eigenvalue weighted by Crippen LogP contribution is 2.28. The fourth-order valence-electron chi connectivity index (χ4n) is 2.67. The van der Waals surface area contributed by atoms with Crippen molar-refractivity contribution in [2.45, 2.75) is 19.9 Å². The smallest absolute Gasteiger partial charge is 0.315 e. The van der Waals surface area contributed by atoms with Crippen molar-refractivity contribution in [1.29, 1.82) is 0 Å². The number of carbonyl (C=O) groups is 2. The number of hydrogen-bond donors (Lipinski definition) is 2. The van der Waals surface area contributed by atoms with Crippen molar-refractivity contribution in [2.75, 3.05) is 44.7 Å². The highest BCUT2D eigenvalue weighted by molar-refractivity contribution is 5.84. The number of hydrogen-bond acceptors (Lipinski definition) is 4. The first-order valence-electron chi connectivity index (χ1n) is 8.21. The minimum absolute atomic E-state index is 0.0210. The molecular weight excluding hydrogens is 308 g/mol. The van der Waals surface area contributed by atoms with E-state index in [9.17, 15) is 9.59 Å². The number of amides is 3. The predicted octanol–water partition coefficient (Wildman–Crippen LogP) is 1.05. The number of piperazine rings is 1. The van der Waals surface area contributed by atoms with E-state index in [0.717, 1.165) is 24.5 Å². The third-order valence-electron chi connectivity index (χ3n) is 3.88. The van der Waals surface area contributed by atoms with Gasteiger partial charge in [0.1, 0.15) is 5.75 Å². The van der Waals surface area contributed by atoms with Gasteiger partial charge in [0.15, 0.2) is 0 Å². The zero-order valence-electron chi connectivity index (χ0n) is 14.5. The molecule has 7 nitrogen and oxygen atoms in total. The maximum Gasteiger partial charge on any atom is 0.315 e. The van der Waals surface area contributed by atoms with Crippen molar-refractivity contribution in [3.8, 4) is 5.75 Å². The molecule has 24 heavy (non-hydrogen) atoms. The maximum absolute atomic E-state index is 12.2. The summed E-state index contributed by atoms with van der Waals surface area (Å²) >= 11 is 0. The molecule has 0 unspecified atom stereocenters. The Hall–Kier alpha value is -2.44. The van der Waals surface area contributed by atoms with E-state index >= 15 is 0 Å². The molecule has 2 rings (SSSR count). The number of urea groups is 1. The number of ether oxygens (including phenoxy) is 1. The molecular formula is C17H26N4O3. The number of methoxy groups -OCH3 is 1. The third kappa shape index (κ3) is 4.78. The standard InChI is InChI=1S/C17H26N4O3/c1-13(2)19-17(23)18-12-16(22)21-10-8-20(9-11-21)14-6-4-5-7-15(14)24-3/h4-7,13H,8-12H2,1-3H3,(H2,18,19,23). The molecule has 1 fully saturated rings. The summed E-state index contributed by atoms with van der Waals surface area (Å²) in [7, 11) is 1.66. The number of anilines is 1. The van der Waals surface area contributed by atoms with Gasteiger partial charge in [-0.25, -0.2) is 4.79 Å². The lowest BCUT2D eigenvalue weighted by Crippen LogP contribution is -2.52. The quantitative estimate of drug-likeness (QED) is 0.844. The lowest BCUT2D eigenvalue weighted by atomic mass is 10.2. The Kier molecular flexibility index (Phi) is 6.28. The van der Waals surface area contributed by atoms with Crippen LogP contribution in [-0.4, -0.2) is 62.7 Å². The van der Waals surface area contributed by atoms with Gasteiger partial charge >= 0.3 is 6.03 Å². The lowest BCUT2D eigenvalue weighted by Gasteiger charge is -2.36. The molecule has 0 bridgehead atoms. The second-order valence-corrected chi connectivity index (χ2v) is 6.02. The topological polar surface area (TPSA) is 73.9 Å². The molecule has 3 amide bonds. The van der Waals surface area contributed by atoms with E-state index in [4.69, 9.17) is 4.74 Å². The molecule has 1 saturated heterocycles. The fourth-order valence-corrected chi connectivity index (χ4v) is 2.67. The van der Waals surface area contributed by atoms with E-state index in [1.165, 1.54) is 0 Å². The highest BCUT2D eigenvalue weighted by atomic mass is 16.5. The summed E-state index contributed by atoms with van der Waals surface area (Å²) in [6.45, 7) is 6.51. The Morgan fingerprint density at radius 3 is 2.46 bits per heavy atom. The summed E-state index contributed by atoms with van der Waals surface area (Å²) in [5, 5.41) is 5.30. The Labute approximate surface area is 142 Å². The van der Waals surface area contributed by atoms with Gasteiger partial charge in [-0.1, -0.05) is 12.1 Å². The van der Waals surface area contributed by atoms with E-state index in [1.807, 2.05) is 38.1 Å². The number of nitrogens with one attached hydrogen (secondary N) is 2. The van der Waals surface area contributed by atoms with Crippen LogP contribution in [0.3, 0.4) is 0 Å². The third-order valence-corrected chi connectivity index (χ3v) is 3.88. The van der Waals surface area contributed by atoms with Crippen LogP contribution in [0.25, 0.3) is 0 Å². The summed E-state index contributed by atoms with van der Waals surface area (Å²) in [4.78, 5) is 27.7. The van der Waals surface area contributed by atoms with Gasteiger partial charge in [-0.3, -0.25) is 4.79 Å². The van der Waals surface area contributed by atoms with Crippen LogP contribution in [-0.2, 0) is 4.79 Å². The van der Waals surface area contributed by atoms with Gasteiger partial charge in [0.25, 0.3) is 0 Å². The second-order valence-electron chi connectivity index (χ2n) is 6.02. The first-order chi connectivity index (χ1) is 11.5. The average Bonchev–Trinajstić information content (AvgIpc) is 2.59. The number of carbonyl (C=O) groups excluding carboxylic acids is 2. The summed E-state index contributed by atoms with van der Waals surface area (Å²) < 4.78 is 5.39. The van der Waals surface area contributed by atoms with E-state index in [-0.39, 0.29) is 24.5 Å². The van der Waals surface area contributed by atoms with Gasteiger partial charge in [0.05, 0.1) is 19.3 Å². The zero-order chi connectivity index (χ0) is 17.5. The molecule has 1 aliphatic rings. The summed E-state index contributed by atoms with van der Waals surface area (Å²) in [6.07, 6.45) is 0. The molecule has 1 aromatic carbocycles. The molecule has 2 N–H and O–H groups in total. The van der Waals surface area contributed by atoms with E-state index in [2.05, 4.69) is 15.5 Å². The van der Waals surface area contributed by atoms with Crippen molar-refractivity contribution in [1.82, 2.24) is 15.5 Å². The van der Waals surface area contributed by atoms with Crippen molar-refractivity contribution in [3.63, 3.8) is 0 Å². The first-order valence-corrected chi connectivity index (χ1v) is 8.21. The van der Waals surface area contributed by atoms with Crippen molar-refractivity contribution in [3.05, 3.63) is 24.3 Å². The van der Waals surface area contributed by atoms with Crippen molar-refractivity contribution >= 4 is 17.6 Å². The molecule has 132 valence electrons. The second kappa shape index (κ2) is 8.42. The molecule has 0 spiro atoms. The van der Waals surface area contributed by atoms with Crippen molar-refractivity contribution in [2.24, 2.45) is 0 Å². The number of benzene rings is 1. The van der Waals surface area contributed by atoms with Gasteiger partial charge in [0.2, 0.25) is 5.91 Å². The molecule has 0 saturated carbocycles. The van der Waals surface area contributed by atoms with Crippen LogP contribution in [0.15, 0.2) is 24.3 Å². The number of nitrogens with zero attached hydrogens (tertiary/aromatic N) is 2. The summed E-state index contributed by atoms with van der Waals surface area (Å²) in [5.41, 5.74) is 1.04. The maximum atomic E-state index is 12.2. The van der Waals surface area contributed by atoms with Crippen LogP contribution >= 0.6 is 0 Å². The van der Waals surface area contributed by atoms with Crippen LogP contribution in [0.4, 0.5) is 10.5 Å². The Bertz CT molecular complexity index is 569. The number of para-hydroxylation sites is 2. The molecule has 7 heteroatoms. The summed E-state index contributed by atoms with van der Waals surface area (Å²) in [5.74, 6) is 0.776. The first kappa shape index (κ1) is 17.9. The average molecular weight is 334 g/mol. The minimum atomic E-state index is -0.314. The zero-order valence-corrected chi connectivity index (χ0v) is 14.5. The van der Waals surface area contributed by atoms with E-state index in [1.54, 1.807) is 12.0 Å². The predicted molar refractivity (Wildman–Crippen MR) is 93.5 cm³/mol. The molecule has 0 aromatic heterocycles. The van der Waals surface area contributed by atoms with Crippen LogP contribution < -0.4 is 20.3 Å². The van der Waals surface area contributed by atoms with Crippen LogP contribution in [0.1, 0.15) is 13.8 Å². The largest absolute Gasteiger partial charge is 0.495 e. The minimum Gasteiger partial charge on any atom is -0.495 e. The van der Waals surface area contributed by atoms with Gasteiger partial charge in [-0.2, -0.15) is 0 Å². The Balaban J connectivity index is 1.82. The van der Waals surface area contributed by atoms with Crippen LogP contribution in [0.5, 0.6) is 5.75 Å². The molecule has 1 heterocycles. The van der Waals surface area contributed by atoms with Crippen LogP contribution in [0.2, 0.25) is 0 Å². The van der Waals surface area contributed by atoms with Gasteiger partial charge < -0.3 is 25.2 Å². The number of rotatable bonds is 5. The van der Waals surface area contributed by atoms with E-state index < -0.39 is 0 Å². The normalized spacial score (nSPS) is 14.5. The van der Waals surface area contributed by atoms with E-state index in [0.29, 0.717) is 13.1 Å². The highest BCUT2D eigenvalue weighted by Gasteiger charge is 2.22. The monoisotopic (exact) mass is 334 g/mol. The van der Waals surface area contributed by atoms with Gasteiger partial charge in [-0.15, -0.1) is 0 Å². The van der Waals surface area contributed by atoms with Crippen LogP contribution in [0, 0.1) is 0 Å². The Morgan fingerprint density at radius 1 is 1.17 bits per heavy atom. The molecule has 1 aromatic rings. The lowest BCUT2D eigenvalue weighted by molar-refractivity contribution is -0.130.